The largest absolute Gasteiger partial charge is 0.493 e. The molecule has 5 heteroatoms. The SMILES string of the molecule is CCCc1cnc(-c2ccc(C(OCc3ccc(OCC(C)CC)cc3)c3ccc(OCC(C)CC)cc3)cc2)nc1. The van der Waals surface area contributed by atoms with Crippen LogP contribution in [-0.4, -0.2) is 23.2 Å². The highest BCUT2D eigenvalue weighted by molar-refractivity contribution is 5.55. The Morgan fingerprint density at radius 1 is 0.619 bits per heavy atom. The molecule has 0 aliphatic rings. The zero-order valence-corrected chi connectivity index (χ0v) is 25.9. The van der Waals surface area contributed by atoms with Gasteiger partial charge in [0.25, 0.3) is 0 Å². The van der Waals surface area contributed by atoms with Crippen molar-refractivity contribution >= 4 is 0 Å². The predicted molar refractivity (Wildman–Crippen MR) is 171 cm³/mol. The molecule has 0 amide bonds. The van der Waals surface area contributed by atoms with Crippen LogP contribution in [0.5, 0.6) is 11.5 Å². The van der Waals surface area contributed by atoms with E-state index in [-0.39, 0.29) is 6.10 Å². The molecule has 0 bridgehead atoms. The van der Waals surface area contributed by atoms with Crippen molar-refractivity contribution < 1.29 is 14.2 Å². The predicted octanol–water partition coefficient (Wildman–Crippen LogP) is 9.25. The van der Waals surface area contributed by atoms with Gasteiger partial charge in [-0.1, -0.05) is 102 Å². The third-order valence-corrected chi connectivity index (χ3v) is 7.70. The Bertz CT molecular complexity index is 1320. The van der Waals surface area contributed by atoms with Crippen molar-refractivity contribution in [2.24, 2.45) is 11.8 Å². The van der Waals surface area contributed by atoms with Gasteiger partial charge in [-0.2, -0.15) is 0 Å². The van der Waals surface area contributed by atoms with E-state index in [9.17, 15) is 0 Å². The molecule has 0 aliphatic heterocycles. The van der Waals surface area contributed by atoms with Crippen LogP contribution < -0.4 is 9.47 Å². The molecule has 3 atom stereocenters. The lowest BCUT2D eigenvalue weighted by molar-refractivity contribution is 0.0666. The number of aryl methyl sites for hydroxylation is 1. The van der Waals surface area contributed by atoms with Crippen LogP contribution in [-0.2, 0) is 17.8 Å². The second-order valence-electron chi connectivity index (χ2n) is 11.3. The fraction of sp³-hybridized carbons (Fsp3) is 0.405. The number of hydrogen-bond acceptors (Lipinski definition) is 5. The summed E-state index contributed by atoms with van der Waals surface area (Å²) in [6.45, 7) is 12.9. The van der Waals surface area contributed by atoms with E-state index in [0.717, 1.165) is 84.0 Å². The van der Waals surface area contributed by atoms with Gasteiger partial charge >= 0.3 is 0 Å². The van der Waals surface area contributed by atoms with Crippen molar-refractivity contribution in [2.45, 2.75) is 73.0 Å². The monoisotopic (exact) mass is 566 g/mol. The molecule has 4 aromatic rings. The van der Waals surface area contributed by atoms with Gasteiger partial charge in [0.1, 0.15) is 17.6 Å². The van der Waals surface area contributed by atoms with Gasteiger partial charge in [-0.3, -0.25) is 0 Å². The molecule has 0 saturated heterocycles. The van der Waals surface area contributed by atoms with E-state index in [1.54, 1.807) is 0 Å². The van der Waals surface area contributed by atoms with Crippen LogP contribution in [0.4, 0.5) is 0 Å². The summed E-state index contributed by atoms with van der Waals surface area (Å²) >= 11 is 0. The molecule has 0 fully saturated rings. The summed E-state index contributed by atoms with van der Waals surface area (Å²) in [6, 6.07) is 24.9. The van der Waals surface area contributed by atoms with Crippen molar-refractivity contribution in [3.05, 3.63) is 107 Å². The lowest BCUT2D eigenvalue weighted by Gasteiger charge is -2.20. The molecule has 5 nitrogen and oxygen atoms in total. The van der Waals surface area contributed by atoms with Gasteiger partial charge < -0.3 is 14.2 Å². The Kier molecular flexibility index (Phi) is 12.0. The van der Waals surface area contributed by atoms with Gasteiger partial charge in [0.05, 0.1) is 19.8 Å². The number of aromatic nitrogens is 2. The van der Waals surface area contributed by atoms with Crippen LogP contribution >= 0.6 is 0 Å². The van der Waals surface area contributed by atoms with Gasteiger partial charge in [-0.25, -0.2) is 9.97 Å². The van der Waals surface area contributed by atoms with Crippen LogP contribution in [0, 0.1) is 11.8 Å². The van der Waals surface area contributed by atoms with E-state index in [1.165, 1.54) is 0 Å². The van der Waals surface area contributed by atoms with Gasteiger partial charge in [-0.05, 0) is 64.8 Å². The third-order valence-electron chi connectivity index (χ3n) is 7.70. The lowest BCUT2D eigenvalue weighted by Crippen LogP contribution is -2.09. The normalized spacial score (nSPS) is 13.4. The van der Waals surface area contributed by atoms with Crippen molar-refractivity contribution in [1.29, 1.82) is 0 Å². The van der Waals surface area contributed by atoms with Gasteiger partial charge in [0, 0.05) is 18.0 Å². The summed E-state index contributed by atoms with van der Waals surface area (Å²) < 4.78 is 18.5. The molecule has 3 unspecified atom stereocenters. The molecule has 0 spiro atoms. The Labute approximate surface area is 252 Å². The molecule has 42 heavy (non-hydrogen) atoms. The van der Waals surface area contributed by atoms with Gasteiger partial charge in [0.2, 0.25) is 0 Å². The van der Waals surface area contributed by atoms with E-state index < -0.39 is 0 Å². The Hall–Kier alpha value is -3.70. The van der Waals surface area contributed by atoms with Crippen LogP contribution in [0.1, 0.15) is 82.2 Å². The van der Waals surface area contributed by atoms with E-state index >= 15 is 0 Å². The number of nitrogens with zero attached hydrogens (tertiary/aromatic N) is 2. The molecule has 0 aliphatic carbocycles. The molecule has 0 N–H and O–H groups in total. The smallest absolute Gasteiger partial charge is 0.159 e. The van der Waals surface area contributed by atoms with E-state index in [2.05, 4.69) is 93.1 Å². The van der Waals surface area contributed by atoms with Crippen molar-refractivity contribution in [2.75, 3.05) is 13.2 Å². The van der Waals surface area contributed by atoms with E-state index in [0.29, 0.717) is 18.4 Å². The highest BCUT2D eigenvalue weighted by Crippen LogP contribution is 2.30. The first-order chi connectivity index (χ1) is 20.5. The number of hydrogen-bond donors (Lipinski definition) is 0. The first-order valence-electron chi connectivity index (χ1n) is 15.5. The second kappa shape index (κ2) is 16.1. The van der Waals surface area contributed by atoms with Crippen molar-refractivity contribution in [3.63, 3.8) is 0 Å². The molecule has 222 valence electrons. The fourth-order valence-electron chi connectivity index (χ4n) is 4.43. The van der Waals surface area contributed by atoms with Crippen LogP contribution in [0.15, 0.2) is 85.2 Å². The molecule has 1 heterocycles. The maximum absolute atomic E-state index is 6.59. The van der Waals surface area contributed by atoms with Crippen molar-refractivity contribution in [3.8, 4) is 22.9 Å². The molecular weight excluding hydrogens is 520 g/mol. The lowest BCUT2D eigenvalue weighted by atomic mass is 9.99. The number of ether oxygens (including phenoxy) is 3. The zero-order chi connectivity index (χ0) is 29.7. The van der Waals surface area contributed by atoms with E-state index in [4.69, 9.17) is 14.2 Å². The molecule has 0 radical (unpaired) electrons. The first-order valence-corrected chi connectivity index (χ1v) is 15.5. The molecule has 1 aromatic heterocycles. The first kappa shape index (κ1) is 31.2. The molecule has 4 rings (SSSR count). The third kappa shape index (κ3) is 9.15. The average molecular weight is 567 g/mol. The maximum atomic E-state index is 6.59. The summed E-state index contributed by atoms with van der Waals surface area (Å²) in [5.41, 5.74) is 5.40. The minimum Gasteiger partial charge on any atom is -0.493 e. The van der Waals surface area contributed by atoms with Crippen LogP contribution in [0.3, 0.4) is 0 Å². The summed E-state index contributed by atoms with van der Waals surface area (Å²) in [4.78, 5) is 9.18. The van der Waals surface area contributed by atoms with Gasteiger partial charge in [0.15, 0.2) is 5.82 Å². The summed E-state index contributed by atoms with van der Waals surface area (Å²) in [7, 11) is 0. The number of rotatable bonds is 16. The average Bonchev–Trinajstić information content (AvgIpc) is 3.04. The zero-order valence-electron chi connectivity index (χ0n) is 25.9. The Balaban J connectivity index is 1.50. The summed E-state index contributed by atoms with van der Waals surface area (Å²) in [6.07, 6.45) is 7.90. The van der Waals surface area contributed by atoms with Gasteiger partial charge in [-0.15, -0.1) is 0 Å². The number of benzene rings is 3. The van der Waals surface area contributed by atoms with Crippen LogP contribution in [0.2, 0.25) is 0 Å². The Morgan fingerprint density at radius 2 is 1.12 bits per heavy atom. The highest BCUT2D eigenvalue weighted by Gasteiger charge is 2.17. The van der Waals surface area contributed by atoms with Crippen LogP contribution in [0.25, 0.3) is 11.4 Å². The minimum absolute atomic E-state index is 0.239. The summed E-state index contributed by atoms with van der Waals surface area (Å²) in [5.74, 6) is 3.57. The maximum Gasteiger partial charge on any atom is 0.159 e. The standard InChI is InChI=1S/C37H46N2O3/c1-6-9-30-22-38-37(39-23-30)33-14-12-31(13-15-33)36(32-16-20-35(21-17-32)41-25-28(5)8-3)42-26-29-10-18-34(19-11-29)40-24-27(4)7-2/h10-23,27-28,36H,6-9,24-26H2,1-5H3. The molecular formula is C37H46N2O3. The highest BCUT2D eigenvalue weighted by atomic mass is 16.5. The van der Waals surface area contributed by atoms with E-state index in [1.807, 2.05) is 36.7 Å². The fourth-order valence-corrected chi connectivity index (χ4v) is 4.43. The minimum atomic E-state index is -0.239. The summed E-state index contributed by atoms with van der Waals surface area (Å²) in [5, 5.41) is 0. The topological polar surface area (TPSA) is 53.5 Å². The molecule has 0 saturated carbocycles. The Morgan fingerprint density at radius 3 is 1.62 bits per heavy atom. The van der Waals surface area contributed by atoms with Crippen molar-refractivity contribution in [1.82, 2.24) is 9.97 Å². The quantitative estimate of drug-likeness (QED) is 0.135. The second-order valence-corrected chi connectivity index (χ2v) is 11.3. The molecule has 3 aromatic carbocycles.